The Morgan fingerprint density at radius 3 is 2.47 bits per heavy atom. The van der Waals surface area contributed by atoms with Crippen LogP contribution >= 0.6 is 0 Å². The molecule has 2 unspecified atom stereocenters. The molecule has 2 aliphatic heterocycles. The summed E-state index contributed by atoms with van der Waals surface area (Å²) in [5, 5.41) is 3.59. The Morgan fingerprint density at radius 2 is 1.80 bits per heavy atom. The van der Waals surface area contributed by atoms with E-state index in [1.165, 1.54) is 12.8 Å². The van der Waals surface area contributed by atoms with Gasteiger partial charge in [0, 0.05) is 24.5 Å². The van der Waals surface area contributed by atoms with Crippen molar-refractivity contribution in [1.82, 2.24) is 15.3 Å². The van der Waals surface area contributed by atoms with E-state index in [0.717, 1.165) is 12.8 Å². The van der Waals surface area contributed by atoms with E-state index in [2.05, 4.69) is 15.3 Å². The van der Waals surface area contributed by atoms with Crippen molar-refractivity contribution < 1.29 is 4.74 Å². The van der Waals surface area contributed by atoms with Gasteiger partial charge < -0.3 is 10.1 Å². The fourth-order valence-electron chi connectivity index (χ4n) is 2.60. The van der Waals surface area contributed by atoms with Gasteiger partial charge in [0.2, 0.25) is 0 Å². The Hall–Kier alpha value is -1.16. The van der Waals surface area contributed by atoms with Crippen LogP contribution in [0.4, 0.5) is 0 Å². The van der Waals surface area contributed by atoms with Gasteiger partial charge in [0.15, 0.2) is 0 Å². The van der Waals surface area contributed by atoms with Gasteiger partial charge in [-0.2, -0.15) is 0 Å². The number of hydrogen-bond acceptors (Lipinski definition) is 4. The number of fused-ring (bicyclic) bond motifs is 2. The summed E-state index contributed by atoms with van der Waals surface area (Å²) >= 11 is 0. The van der Waals surface area contributed by atoms with Crippen LogP contribution in [-0.4, -0.2) is 28.2 Å². The van der Waals surface area contributed by atoms with Crippen molar-refractivity contribution in [3.8, 4) is 6.01 Å². The highest BCUT2D eigenvalue weighted by molar-refractivity contribution is 4.98. The van der Waals surface area contributed by atoms with E-state index in [0.29, 0.717) is 24.2 Å². The molecule has 2 bridgehead atoms. The third-order valence-electron chi connectivity index (χ3n) is 3.24. The molecular weight excluding hydrogens is 190 g/mol. The molecule has 4 heteroatoms. The smallest absolute Gasteiger partial charge is 0.316 e. The average Bonchev–Trinajstić information content (AvgIpc) is 2.60. The lowest BCUT2D eigenvalue weighted by atomic mass is 10.0. The van der Waals surface area contributed by atoms with Crippen LogP contribution in [0.3, 0.4) is 0 Å². The van der Waals surface area contributed by atoms with Crippen molar-refractivity contribution >= 4 is 0 Å². The number of nitrogens with zero attached hydrogens (tertiary/aromatic N) is 2. The summed E-state index contributed by atoms with van der Waals surface area (Å²) in [7, 11) is 0. The van der Waals surface area contributed by atoms with Crippen LogP contribution in [0.25, 0.3) is 0 Å². The molecule has 0 aliphatic carbocycles. The molecule has 0 radical (unpaired) electrons. The van der Waals surface area contributed by atoms with Crippen LogP contribution in [-0.2, 0) is 0 Å². The molecule has 80 valence electrons. The van der Waals surface area contributed by atoms with Gasteiger partial charge in [0.1, 0.15) is 6.10 Å². The summed E-state index contributed by atoms with van der Waals surface area (Å²) in [5.74, 6) is 0. The summed E-state index contributed by atoms with van der Waals surface area (Å²) in [6.07, 6.45) is 8.51. The van der Waals surface area contributed by atoms with Gasteiger partial charge in [-0.3, -0.25) is 0 Å². The first-order valence-electron chi connectivity index (χ1n) is 5.60. The monoisotopic (exact) mass is 205 g/mol. The number of piperidine rings is 1. The maximum Gasteiger partial charge on any atom is 0.316 e. The largest absolute Gasteiger partial charge is 0.460 e. The van der Waals surface area contributed by atoms with E-state index in [-0.39, 0.29) is 0 Å². The highest BCUT2D eigenvalue weighted by Crippen LogP contribution is 2.28. The van der Waals surface area contributed by atoms with Crippen LogP contribution in [0, 0.1) is 0 Å². The molecule has 2 aliphatic rings. The first-order valence-corrected chi connectivity index (χ1v) is 5.60. The summed E-state index contributed by atoms with van der Waals surface area (Å²) < 4.78 is 5.77. The molecule has 3 heterocycles. The molecule has 0 saturated carbocycles. The zero-order valence-corrected chi connectivity index (χ0v) is 8.60. The normalized spacial score (nSPS) is 34.0. The molecule has 15 heavy (non-hydrogen) atoms. The zero-order chi connectivity index (χ0) is 10.1. The molecule has 1 N–H and O–H groups in total. The SMILES string of the molecule is c1cnc(OC2CC3CCC(C2)N3)nc1. The minimum absolute atomic E-state index is 0.297. The van der Waals surface area contributed by atoms with Crippen LogP contribution in [0.2, 0.25) is 0 Å². The first-order chi connectivity index (χ1) is 7.40. The van der Waals surface area contributed by atoms with Crippen LogP contribution in [0.1, 0.15) is 25.7 Å². The number of hydrogen-bond donors (Lipinski definition) is 1. The van der Waals surface area contributed by atoms with Crippen molar-refractivity contribution in [2.24, 2.45) is 0 Å². The summed E-state index contributed by atoms with van der Waals surface area (Å²) in [5.41, 5.74) is 0. The first kappa shape index (κ1) is 9.09. The van der Waals surface area contributed by atoms with Crippen LogP contribution in [0.15, 0.2) is 18.5 Å². The van der Waals surface area contributed by atoms with Crippen LogP contribution in [0.5, 0.6) is 6.01 Å². The van der Waals surface area contributed by atoms with E-state index in [1.54, 1.807) is 18.5 Å². The van der Waals surface area contributed by atoms with E-state index in [1.807, 2.05) is 0 Å². The molecule has 0 aromatic carbocycles. The third kappa shape index (κ3) is 1.95. The van der Waals surface area contributed by atoms with Crippen molar-refractivity contribution in [3.05, 3.63) is 18.5 Å². The highest BCUT2D eigenvalue weighted by Gasteiger charge is 2.34. The molecule has 0 spiro atoms. The molecular formula is C11H15N3O. The molecule has 1 aromatic rings. The Kier molecular flexibility index (Phi) is 2.29. The van der Waals surface area contributed by atoms with Gasteiger partial charge in [-0.15, -0.1) is 0 Å². The Balaban J connectivity index is 1.65. The van der Waals surface area contributed by atoms with Crippen LogP contribution < -0.4 is 10.1 Å². The summed E-state index contributed by atoms with van der Waals surface area (Å²) in [6.45, 7) is 0. The Labute approximate surface area is 89.1 Å². The summed E-state index contributed by atoms with van der Waals surface area (Å²) in [4.78, 5) is 8.18. The van der Waals surface area contributed by atoms with Crippen molar-refractivity contribution in [2.45, 2.75) is 43.9 Å². The number of rotatable bonds is 2. The number of nitrogens with one attached hydrogen (secondary N) is 1. The molecule has 0 amide bonds. The summed E-state index contributed by atoms with van der Waals surface area (Å²) in [6, 6.07) is 3.62. The fraction of sp³-hybridized carbons (Fsp3) is 0.636. The lowest BCUT2D eigenvalue weighted by Gasteiger charge is -2.28. The molecule has 4 nitrogen and oxygen atoms in total. The van der Waals surface area contributed by atoms with Gasteiger partial charge in [-0.1, -0.05) is 0 Å². The van der Waals surface area contributed by atoms with Crippen molar-refractivity contribution in [3.63, 3.8) is 0 Å². The van der Waals surface area contributed by atoms with Gasteiger partial charge in [-0.25, -0.2) is 9.97 Å². The van der Waals surface area contributed by atoms with Gasteiger partial charge >= 0.3 is 6.01 Å². The fourth-order valence-corrected chi connectivity index (χ4v) is 2.60. The minimum atomic E-state index is 0.297. The van der Waals surface area contributed by atoms with E-state index in [9.17, 15) is 0 Å². The molecule has 2 saturated heterocycles. The topological polar surface area (TPSA) is 47.0 Å². The van der Waals surface area contributed by atoms with Crippen molar-refractivity contribution in [2.75, 3.05) is 0 Å². The Bertz CT molecular complexity index is 318. The van der Waals surface area contributed by atoms with E-state index < -0.39 is 0 Å². The highest BCUT2D eigenvalue weighted by atomic mass is 16.5. The zero-order valence-electron chi connectivity index (χ0n) is 8.60. The maximum absolute atomic E-state index is 5.77. The number of ether oxygens (including phenoxy) is 1. The van der Waals surface area contributed by atoms with Gasteiger partial charge in [0.05, 0.1) is 0 Å². The predicted molar refractivity (Wildman–Crippen MR) is 55.6 cm³/mol. The quantitative estimate of drug-likeness (QED) is 0.786. The lowest BCUT2D eigenvalue weighted by molar-refractivity contribution is 0.126. The maximum atomic E-state index is 5.77. The minimum Gasteiger partial charge on any atom is -0.460 e. The predicted octanol–water partition coefficient (Wildman–Crippen LogP) is 1.14. The number of aromatic nitrogens is 2. The second-order valence-electron chi connectivity index (χ2n) is 4.38. The molecule has 2 atom stereocenters. The van der Waals surface area contributed by atoms with Crippen molar-refractivity contribution in [1.29, 1.82) is 0 Å². The third-order valence-corrected chi connectivity index (χ3v) is 3.24. The Morgan fingerprint density at radius 1 is 1.13 bits per heavy atom. The second kappa shape index (κ2) is 3.77. The molecule has 1 aromatic heterocycles. The molecule has 2 fully saturated rings. The lowest BCUT2D eigenvalue weighted by Crippen LogP contribution is -2.42. The molecule has 3 rings (SSSR count). The average molecular weight is 205 g/mol. The van der Waals surface area contributed by atoms with Gasteiger partial charge in [0.25, 0.3) is 0 Å². The van der Waals surface area contributed by atoms with Gasteiger partial charge in [-0.05, 0) is 31.7 Å². The second-order valence-corrected chi connectivity index (χ2v) is 4.38. The standard InChI is InChI=1S/C11H15N3O/c1-4-12-11(13-5-1)15-10-6-8-2-3-9(7-10)14-8/h1,4-5,8-10,14H,2-3,6-7H2. The van der Waals surface area contributed by atoms with E-state index >= 15 is 0 Å². The van der Waals surface area contributed by atoms with E-state index in [4.69, 9.17) is 4.74 Å².